The fourth-order valence-electron chi connectivity index (χ4n) is 0.856. The van der Waals surface area contributed by atoms with Crippen LogP contribution in [0.4, 0.5) is 0 Å². The molecule has 12 heavy (non-hydrogen) atoms. The van der Waals surface area contributed by atoms with Gasteiger partial charge in [-0.15, -0.1) is 6.58 Å². The molecule has 0 heterocycles. The van der Waals surface area contributed by atoms with E-state index < -0.39 is 0 Å². The van der Waals surface area contributed by atoms with Crippen LogP contribution in [-0.4, -0.2) is 0 Å². The van der Waals surface area contributed by atoms with Crippen molar-refractivity contribution in [1.82, 2.24) is 0 Å². The quantitative estimate of drug-likeness (QED) is 0.411. The summed E-state index contributed by atoms with van der Waals surface area (Å²) in [5.41, 5.74) is 0. The zero-order chi connectivity index (χ0) is 9.66. The Balaban J connectivity index is 0. The second-order valence-corrected chi connectivity index (χ2v) is 2.83. The minimum atomic E-state index is 1.27. The first-order valence-electron chi connectivity index (χ1n) is 5.01. The molecule has 0 aliphatic heterocycles. The standard InChI is InChI=1S/C9H18.C3H6/c1-3-5-7-9-8-6-4-2;1-3-2/h3,5H,4,6-9H2,1-2H3;3H,1H2,2H3/b5-3+;. The number of allylic oxidation sites excluding steroid dienone is 3. The van der Waals surface area contributed by atoms with Gasteiger partial charge >= 0.3 is 0 Å². The van der Waals surface area contributed by atoms with Crippen molar-refractivity contribution in [2.75, 3.05) is 0 Å². The van der Waals surface area contributed by atoms with Gasteiger partial charge < -0.3 is 0 Å². The van der Waals surface area contributed by atoms with Crippen molar-refractivity contribution in [3.8, 4) is 0 Å². The molecule has 0 aliphatic carbocycles. The van der Waals surface area contributed by atoms with E-state index in [1.54, 1.807) is 6.08 Å². The molecule has 0 rings (SSSR count). The third-order valence-corrected chi connectivity index (χ3v) is 1.46. The lowest BCUT2D eigenvalue weighted by molar-refractivity contribution is 0.674. The van der Waals surface area contributed by atoms with Crippen molar-refractivity contribution in [1.29, 1.82) is 0 Å². The Morgan fingerprint density at radius 1 is 1.08 bits per heavy atom. The lowest BCUT2D eigenvalue weighted by Gasteiger charge is -1.92. The molecule has 0 saturated heterocycles. The number of hydrogen-bond donors (Lipinski definition) is 0. The summed E-state index contributed by atoms with van der Waals surface area (Å²) < 4.78 is 0. The number of rotatable bonds is 5. The summed E-state index contributed by atoms with van der Waals surface area (Å²) in [5, 5.41) is 0. The second-order valence-electron chi connectivity index (χ2n) is 2.83. The second kappa shape index (κ2) is 16.8. The molecule has 0 nitrogen and oxygen atoms in total. The van der Waals surface area contributed by atoms with Gasteiger partial charge in [0.05, 0.1) is 0 Å². The van der Waals surface area contributed by atoms with Crippen LogP contribution in [0.2, 0.25) is 0 Å². The molecule has 0 bridgehead atoms. The average molecular weight is 168 g/mol. The van der Waals surface area contributed by atoms with Gasteiger partial charge in [-0.25, -0.2) is 0 Å². The normalized spacial score (nSPS) is 9.25. The Kier molecular flexibility index (Phi) is 19.7. The van der Waals surface area contributed by atoms with Crippen LogP contribution in [0.1, 0.15) is 52.9 Å². The first kappa shape index (κ1) is 14.0. The Bertz CT molecular complexity index is 90.2. The highest BCUT2D eigenvalue weighted by atomic mass is 13.9. The van der Waals surface area contributed by atoms with E-state index in [1.165, 1.54) is 32.1 Å². The molecule has 0 heteroatoms. The van der Waals surface area contributed by atoms with Gasteiger partial charge in [0, 0.05) is 0 Å². The first-order chi connectivity index (χ1) is 5.83. The fourth-order valence-corrected chi connectivity index (χ4v) is 0.856. The van der Waals surface area contributed by atoms with Crippen molar-refractivity contribution in [3.63, 3.8) is 0 Å². The van der Waals surface area contributed by atoms with E-state index in [0.29, 0.717) is 0 Å². The molecule has 0 spiro atoms. The molecule has 0 fully saturated rings. The van der Waals surface area contributed by atoms with Crippen LogP contribution in [-0.2, 0) is 0 Å². The van der Waals surface area contributed by atoms with Crippen molar-refractivity contribution in [2.45, 2.75) is 52.9 Å². The molecule has 72 valence electrons. The van der Waals surface area contributed by atoms with Crippen LogP contribution >= 0.6 is 0 Å². The van der Waals surface area contributed by atoms with Crippen molar-refractivity contribution in [3.05, 3.63) is 24.8 Å². The molecule has 0 N–H and O–H groups in total. The van der Waals surface area contributed by atoms with Crippen LogP contribution in [0.5, 0.6) is 0 Å². The van der Waals surface area contributed by atoms with Crippen molar-refractivity contribution < 1.29 is 0 Å². The highest BCUT2D eigenvalue weighted by Crippen LogP contribution is 2.02. The van der Waals surface area contributed by atoms with Gasteiger partial charge in [0.1, 0.15) is 0 Å². The third kappa shape index (κ3) is 22.7. The van der Waals surface area contributed by atoms with Gasteiger partial charge in [0.25, 0.3) is 0 Å². The molecule has 0 atom stereocenters. The highest BCUT2D eigenvalue weighted by Gasteiger charge is 1.82. The third-order valence-electron chi connectivity index (χ3n) is 1.46. The van der Waals surface area contributed by atoms with E-state index in [0.717, 1.165) is 0 Å². The summed E-state index contributed by atoms with van der Waals surface area (Å²) >= 11 is 0. The van der Waals surface area contributed by atoms with Crippen LogP contribution < -0.4 is 0 Å². The van der Waals surface area contributed by atoms with E-state index >= 15 is 0 Å². The smallest absolute Gasteiger partial charge is 0.0351 e. The predicted octanol–water partition coefficient (Wildman–Crippen LogP) is 4.73. The largest absolute Gasteiger partial charge is 0.103 e. The summed E-state index contributed by atoms with van der Waals surface area (Å²) in [6.07, 6.45) is 12.9. The number of hydrogen-bond acceptors (Lipinski definition) is 0. The molecule has 0 radical (unpaired) electrons. The predicted molar refractivity (Wildman–Crippen MR) is 59.4 cm³/mol. The van der Waals surface area contributed by atoms with Gasteiger partial charge in [0.15, 0.2) is 0 Å². The molecule has 0 amide bonds. The Morgan fingerprint density at radius 2 is 1.67 bits per heavy atom. The van der Waals surface area contributed by atoms with Gasteiger partial charge in [-0.1, -0.05) is 44.4 Å². The molecule has 0 aromatic rings. The molecule has 0 aromatic carbocycles. The molecule has 0 saturated carbocycles. The Labute approximate surface area is 78.4 Å². The van der Waals surface area contributed by atoms with E-state index in [9.17, 15) is 0 Å². The van der Waals surface area contributed by atoms with Gasteiger partial charge in [0.2, 0.25) is 0 Å². The molecule has 0 unspecified atom stereocenters. The van der Waals surface area contributed by atoms with Crippen molar-refractivity contribution in [2.24, 2.45) is 0 Å². The lowest BCUT2D eigenvalue weighted by Crippen LogP contribution is -1.72. The Morgan fingerprint density at radius 3 is 2.08 bits per heavy atom. The summed E-state index contributed by atoms with van der Waals surface area (Å²) in [4.78, 5) is 0. The van der Waals surface area contributed by atoms with Crippen molar-refractivity contribution >= 4 is 0 Å². The minimum absolute atomic E-state index is 1.27. The zero-order valence-corrected chi connectivity index (χ0v) is 8.97. The fraction of sp³-hybridized carbons (Fsp3) is 0.667. The maximum Gasteiger partial charge on any atom is -0.0351 e. The summed E-state index contributed by atoms with van der Waals surface area (Å²) in [7, 11) is 0. The molecular formula is C12H24. The first-order valence-corrected chi connectivity index (χ1v) is 5.01. The van der Waals surface area contributed by atoms with E-state index in [1.807, 2.05) is 6.92 Å². The zero-order valence-electron chi connectivity index (χ0n) is 8.97. The summed E-state index contributed by atoms with van der Waals surface area (Å²) in [6.45, 7) is 9.58. The number of unbranched alkanes of at least 4 members (excludes halogenated alkanes) is 4. The van der Waals surface area contributed by atoms with Gasteiger partial charge in [-0.3, -0.25) is 0 Å². The topological polar surface area (TPSA) is 0 Å². The van der Waals surface area contributed by atoms with Gasteiger partial charge in [-0.05, 0) is 26.7 Å². The average Bonchev–Trinajstić information content (AvgIpc) is 2.06. The van der Waals surface area contributed by atoms with E-state index in [4.69, 9.17) is 0 Å². The highest BCUT2D eigenvalue weighted by molar-refractivity contribution is 4.75. The molecule has 0 aromatic heterocycles. The van der Waals surface area contributed by atoms with Crippen LogP contribution in [0.3, 0.4) is 0 Å². The van der Waals surface area contributed by atoms with E-state index in [2.05, 4.69) is 32.6 Å². The maximum atomic E-state index is 3.36. The van der Waals surface area contributed by atoms with Crippen LogP contribution in [0.25, 0.3) is 0 Å². The molecular weight excluding hydrogens is 144 g/mol. The van der Waals surface area contributed by atoms with Gasteiger partial charge in [-0.2, -0.15) is 0 Å². The SMILES string of the molecule is C/C=C/CCCCCC.C=CC. The summed E-state index contributed by atoms with van der Waals surface area (Å²) in [6, 6.07) is 0. The molecule has 0 aliphatic rings. The van der Waals surface area contributed by atoms with Crippen LogP contribution in [0.15, 0.2) is 24.8 Å². The Hall–Kier alpha value is -0.520. The van der Waals surface area contributed by atoms with E-state index in [-0.39, 0.29) is 0 Å². The monoisotopic (exact) mass is 168 g/mol. The maximum absolute atomic E-state index is 3.36. The summed E-state index contributed by atoms with van der Waals surface area (Å²) in [5.74, 6) is 0. The minimum Gasteiger partial charge on any atom is -0.103 e. The lowest BCUT2D eigenvalue weighted by atomic mass is 10.1. The van der Waals surface area contributed by atoms with Crippen LogP contribution in [0, 0.1) is 0 Å².